The van der Waals surface area contributed by atoms with E-state index in [0.29, 0.717) is 36.0 Å². The van der Waals surface area contributed by atoms with E-state index in [1.807, 2.05) is 32.0 Å². The Morgan fingerprint density at radius 1 is 0.967 bits per heavy atom. The van der Waals surface area contributed by atoms with Crippen LogP contribution in [0.25, 0.3) is 6.08 Å². The van der Waals surface area contributed by atoms with Crippen molar-refractivity contribution in [3.05, 3.63) is 59.7 Å². The summed E-state index contributed by atoms with van der Waals surface area (Å²) in [6.07, 6.45) is 4.11. The number of hydrogen-bond donors (Lipinski definition) is 0. The van der Waals surface area contributed by atoms with Crippen LogP contribution in [-0.4, -0.2) is 50.5 Å². The highest BCUT2D eigenvalue weighted by molar-refractivity contribution is 6.07. The fourth-order valence-corrected chi connectivity index (χ4v) is 2.54. The van der Waals surface area contributed by atoms with E-state index >= 15 is 0 Å². The zero-order chi connectivity index (χ0) is 21.9. The van der Waals surface area contributed by atoms with E-state index in [2.05, 4.69) is 0 Å². The van der Waals surface area contributed by atoms with Crippen LogP contribution < -0.4 is 14.2 Å². The van der Waals surface area contributed by atoms with Crippen LogP contribution >= 0.6 is 0 Å². The van der Waals surface area contributed by atoms with Crippen LogP contribution in [0.5, 0.6) is 17.2 Å². The number of para-hydroxylation sites is 1. The van der Waals surface area contributed by atoms with Crippen molar-refractivity contribution in [1.82, 2.24) is 4.90 Å². The Bertz CT molecular complexity index is 872. The Balaban J connectivity index is 2.10. The summed E-state index contributed by atoms with van der Waals surface area (Å²) in [6.45, 7) is 5.00. The molecule has 0 aliphatic rings. The van der Waals surface area contributed by atoms with Crippen molar-refractivity contribution < 1.29 is 23.8 Å². The van der Waals surface area contributed by atoms with E-state index in [-0.39, 0.29) is 18.3 Å². The van der Waals surface area contributed by atoms with Gasteiger partial charge in [-0.25, -0.2) is 0 Å². The first kappa shape index (κ1) is 23.0. The van der Waals surface area contributed by atoms with Crippen molar-refractivity contribution in [2.24, 2.45) is 0 Å². The van der Waals surface area contributed by atoms with Crippen molar-refractivity contribution in [2.45, 2.75) is 20.3 Å². The van der Waals surface area contributed by atoms with Gasteiger partial charge in [0.15, 0.2) is 23.9 Å². The van der Waals surface area contributed by atoms with Crippen LogP contribution in [0.2, 0.25) is 0 Å². The minimum Gasteiger partial charge on any atom is -0.490 e. The summed E-state index contributed by atoms with van der Waals surface area (Å²) < 4.78 is 16.9. The first-order valence-electron chi connectivity index (χ1n) is 10.00. The van der Waals surface area contributed by atoms with Gasteiger partial charge in [0.05, 0.1) is 13.2 Å². The minimum atomic E-state index is -0.144. The van der Waals surface area contributed by atoms with Gasteiger partial charge in [-0.3, -0.25) is 9.59 Å². The molecule has 0 heterocycles. The van der Waals surface area contributed by atoms with Crippen molar-refractivity contribution >= 4 is 17.8 Å². The van der Waals surface area contributed by atoms with Crippen LogP contribution in [0, 0.1) is 0 Å². The predicted molar refractivity (Wildman–Crippen MR) is 117 cm³/mol. The topological polar surface area (TPSA) is 65.1 Å². The molecule has 0 atom stereocenters. The number of carbonyl (C=O) groups excluding carboxylic acids is 2. The number of rotatable bonds is 11. The summed E-state index contributed by atoms with van der Waals surface area (Å²) in [6, 6.07) is 12.3. The summed E-state index contributed by atoms with van der Waals surface area (Å²) in [5, 5.41) is 0. The summed E-state index contributed by atoms with van der Waals surface area (Å²) in [7, 11) is 3.34. The summed E-state index contributed by atoms with van der Waals surface area (Å²) in [4.78, 5) is 25.6. The summed E-state index contributed by atoms with van der Waals surface area (Å²) in [5.74, 6) is 1.56. The molecule has 0 aromatic heterocycles. The molecule has 0 radical (unpaired) electrons. The first-order valence-corrected chi connectivity index (χ1v) is 10.00. The predicted octanol–water partition coefficient (Wildman–Crippen LogP) is 4.24. The van der Waals surface area contributed by atoms with Crippen LogP contribution in [0.4, 0.5) is 0 Å². The Morgan fingerprint density at radius 3 is 2.33 bits per heavy atom. The van der Waals surface area contributed by atoms with E-state index in [1.165, 1.54) is 11.0 Å². The quantitative estimate of drug-likeness (QED) is 0.409. The molecule has 0 saturated heterocycles. The van der Waals surface area contributed by atoms with Crippen molar-refractivity contribution in [1.29, 1.82) is 0 Å². The zero-order valence-corrected chi connectivity index (χ0v) is 18.0. The maximum Gasteiger partial charge on any atom is 0.259 e. The highest BCUT2D eigenvalue weighted by atomic mass is 16.5. The molecule has 2 aromatic rings. The number of allylic oxidation sites excluding steroid dienone is 1. The number of nitrogens with zero attached hydrogens (tertiary/aromatic N) is 1. The molecule has 0 unspecified atom stereocenters. The van der Waals surface area contributed by atoms with Gasteiger partial charge in [-0.1, -0.05) is 19.1 Å². The molecular formula is C24H29NO5. The fraction of sp³-hybridized carbons (Fsp3) is 0.333. The van der Waals surface area contributed by atoms with Gasteiger partial charge in [0.1, 0.15) is 5.75 Å². The largest absolute Gasteiger partial charge is 0.490 e. The van der Waals surface area contributed by atoms with Crippen LogP contribution in [0.3, 0.4) is 0 Å². The monoisotopic (exact) mass is 411 g/mol. The van der Waals surface area contributed by atoms with E-state index in [0.717, 1.165) is 12.0 Å². The van der Waals surface area contributed by atoms with Gasteiger partial charge in [0, 0.05) is 25.2 Å². The lowest BCUT2D eigenvalue weighted by molar-refractivity contribution is -0.130. The Hall–Kier alpha value is -3.28. The van der Waals surface area contributed by atoms with Gasteiger partial charge in [-0.15, -0.1) is 0 Å². The van der Waals surface area contributed by atoms with Gasteiger partial charge in [-0.2, -0.15) is 0 Å². The Labute approximate surface area is 178 Å². The number of benzene rings is 2. The van der Waals surface area contributed by atoms with Crippen molar-refractivity contribution in [3.63, 3.8) is 0 Å². The molecule has 0 saturated carbocycles. The lowest BCUT2D eigenvalue weighted by Gasteiger charge is -2.13. The third-order valence-corrected chi connectivity index (χ3v) is 4.17. The molecular weight excluding hydrogens is 382 g/mol. The molecule has 0 fully saturated rings. The average molecular weight is 411 g/mol. The number of likely N-dealkylation sites (N-methyl/N-ethyl adjacent to an activating group) is 1. The molecule has 0 aliphatic heterocycles. The molecule has 6 nitrogen and oxygen atoms in total. The highest BCUT2D eigenvalue weighted by Gasteiger charge is 2.10. The number of ether oxygens (including phenoxy) is 3. The average Bonchev–Trinajstić information content (AvgIpc) is 2.75. The van der Waals surface area contributed by atoms with Gasteiger partial charge in [0.25, 0.3) is 5.91 Å². The van der Waals surface area contributed by atoms with Gasteiger partial charge in [-0.05, 0) is 55.8 Å². The van der Waals surface area contributed by atoms with Gasteiger partial charge < -0.3 is 19.1 Å². The second-order valence-electron chi connectivity index (χ2n) is 6.75. The normalized spacial score (nSPS) is 10.7. The van der Waals surface area contributed by atoms with Crippen molar-refractivity contribution in [3.8, 4) is 17.2 Å². The van der Waals surface area contributed by atoms with E-state index < -0.39 is 0 Å². The lowest BCUT2D eigenvalue weighted by atomic mass is 10.1. The molecule has 0 bridgehead atoms. The minimum absolute atomic E-state index is 0.0447. The first-order chi connectivity index (χ1) is 14.5. The Kier molecular flexibility index (Phi) is 8.94. The third kappa shape index (κ3) is 6.65. The molecule has 0 N–H and O–H groups in total. The summed E-state index contributed by atoms with van der Waals surface area (Å²) >= 11 is 0. The smallest absolute Gasteiger partial charge is 0.259 e. The van der Waals surface area contributed by atoms with Crippen LogP contribution in [0.15, 0.2) is 48.5 Å². The molecule has 1 amide bonds. The SMILES string of the molecule is CCCOc1c(/C=C/C(=O)c2ccc(OCC(=O)N(C)C)cc2)cccc1OCC. The second-order valence-corrected chi connectivity index (χ2v) is 6.75. The van der Waals surface area contributed by atoms with Crippen molar-refractivity contribution in [2.75, 3.05) is 33.9 Å². The molecule has 0 aliphatic carbocycles. The standard InChI is InChI=1S/C24H29NO5/c1-5-16-29-24-19(8-7-9-22(24)28-6-2)12-15-21(26)18-10-13-20(14-11-18)30-17-23(27)25(3)4/h7-15H,5-6,16-17H2,1-4H3/b15-12+. The molecule has 0 spiro atoms. The van der Waals surface area contributed by atoms with Crippen LogP contribution in [-0.2, 0) is 4.79 Å². The molecule has 2 rings (SSSR count). The maximum absolute atomic E-state index is 12.6. The van der Waals surface area contributed by atoms with Gasteiger partial charge in [0.2, 0.25) is 0 Å². The molecule has 6 heteroatoms. The zero-order valence-electron chi connectivity index (χ0n) is 18.0. The third-order valence-electron chi connectivity index (χ3n) is 4.17. The molecule has 30 heavy (non-hydrogen) atoms. The molecule has 160 valence electrons. The maximum atomic E-state index is 12.6. The fourth-order valence-electron chi connectivity index (χ4n) is 2.54. The molecule has 2 aromatic carbocycles. The van der Waals surface area contributed by atoms with E-state index in [1.54, 1.807) is 44.4 Å². The highest BCUT2D eigenvalue weighted by Crippen LogP contribution is 2.32. The number of ketones is 1. The van der Waals surface area contributed by atoms with E-state index in [9.17, 15) is 9.59 Å². The summed E-state index contributed by atoms with van der Waals surface area (Å²) in [5.41, 5.74) is 1.31. The second kappa shape index (κ2) is 11.7. The van der Waals surface area contributed by atoms with Gasteiger partial charge >= 0.3 is 0 Å². The lowest BCUT2D eigenvalue weighted by Crippen LogP contribution is -2.27. The number of amides is 1. The Morgan fingerprint density at radius 2 is 1.70 bits per heavy atom. The number of hydrogen-bond acceptors (Lipinski definition) is 5. The van der Waals surface area contributed by atoms with E-state index in [4.69, 9.17) is 14.2 Å². The number of carbonyl (C=O) groups is 2. The van der Waals surface area contributed by atoms with Crippen LogP contribution in [0.1, 0.15) is 36.2 Å².